The molecule has 0 spiro atoms. The van der Waals surface area contributed by atoms with Crippen molar-refractivity contribution in [1.29, 1.82) is 0 Å². The van der Waals surface area contributed by atoms with Crippen LogP contribution in [-0.2, 0) is 9.47 Å². The van der Waals surface area contributed by atoms with Crippen LogP contribution >= 0.6 is 27.5 Å². The first-order valence-corrected chi connectivity index (χ1v) is 6.26. The maximum absolute atomic E-state index is 5.91. The molecule has 0 unspecified atom stereocenters. The fraction of sp³-hybridized carbons (Fsp3) is 0.545. The summed E-state index contributed by atoms with van der Waals surface area (Å²) < 4.78 is 11.6. The Kier molecular flexibility index (Phi) is 6.09. The summed E-state index contributed by atoms with van der Waals surface area (Å²) in [6, 6.07) is 0. The predicted molar refractivity (Wildman–Crippen MR) is 70.0 cm³/mol. The molecule has 16 heavy (non-hydrogen) atoms. The Morgan fingerprint density at radius 3 is 2.69 bits per heavy atom. The fourth-order valence-electron chi connectivity index (χ4n) is 1.28. The Morgan fingerprint density at radius 1 is 1.56 bits per heavy atom. The first kappa shape index (κ1) is 13.7. The van der Waals surface area contributed by atoms with E-state index in [1.807, 2.05) is 0 Å². The molecule has 1 aliphatic rings. The maximum atomic E-state index is 5.91. The Balaban J connectivity index is 2.58. The number of aliphatic imine (C=N–C) groups is 1. The van der Waals surface area contributed by atoms with Crippen molar-refractivity contribution in [2.75, 3.05) is 13.2 Å². The standard InChI is InChI=1S/C11H15BrClNO2/c1-8(12)7-14-11(9(2)13)16-10-3-5-15-6-4-10/h7,10H,1,3-6H2,2H3/b11-9-,14-7-. The molecule has 1 saturated heterocycles. The van der Waals surface area contributed by atoms with Gasteiger partial charge in [-0.15, -0.1) is 0 Å². The highest BCUT2D eigenvalue weighted by Crippen LogP contribution is 2.19. The molecule has 90 valence electrons. The lowest BCUT2D eigenvalue weighted by Gasteiger charge is -2.23. The molecule has 1 rings (SSSR count). The van der Waals surface area contributed by atoms with E-state index in [4.69, 9.17) is 21.1 Å². The zero-order chi connectivity index (χ0) is 12.0. The maximum Gasteiger partial charge on any atom is 0.228 e. The van der Waals surface area contributed by atoms with Gasteiger partial charge in [0.25, 0.3) is 0 Å². The highest BCUT2D eigenvalue weighted by atomic mass is 79.9. The molecule has 3 nitrogen and oxygen atoms in total. The van der Waals surface area contributed by atoms with Gasteiger partial charge in [-0.25, -0.2) is 4.99 Å². The molecule has 0 saturated carbocycles. The number of nitrogens with zero attached hydrogens (tertiary/aromatic N) is 1. The van der Waals surface area contributed by atoms with Gasteiger partial charge < -0.3 is 9.47 Å². The lowest BCUT2D eigenvalue weighted by atomic mass is 10.2. The molecule has 0 aromatic heterocycles. The minimum atomic E-state index is 0.137. The molecule has 0 aromatic carbocycles. The zero-order valence-electron chi connectivity index (χ0n) is 9.21. The van der Waals surface area contributed by atoms with Crippen LogP contribution in [0.2, 0.25) is 0 Å². The van der Waals surface area contributed by atoms with Gasteiger partial charge in [-0.05, 0) is 22.9 Å². The fourth-order valence-corrected chi connectivity index (χ4v) is 1.48. The van der Waals surface area contributed by atoms with Gasteiger partial charge in [-0.3, -0.25) is 0 Å². The van der Waals surface area contributed by atoms with Crippen LogP contribution in [0.25, 0.3) is 0 Å². The van der Waals surface area contributed by atoms with Gasteiger partial charge in [0.15, 0.2) is 0 Å². The topological polar surface area (TPSA) is 30.8 Å². The molecular formula is C11H15BrClNO2. The summed E-state index contributed by atoms with van der Waals surface area (Å²) in [6.45, 7) is 6.87. The first-order chi connectivity index (χ1) is 7.59. The number of ether oxygens (including phenoxy) is 2. The highest BCUT2D eigenvalue weighted by Gasteiger charge is 2.16. The van der Waals surface area contributed by atoms with Gasteiger partial charge in [0.05, 0.1) is 18.2 Å². The number of allylic oxidation sites excluding steroid dienone is 2. The summed E-state index contributed by atoms with van der Waals surface area (Å²) >= 11 is 9.10. The molecule has 0 atom stereocenters. The van der Waals surface area contributed by atoms with Crippen LogP contribution in [0.3, 0.4) is 0 Å². The average molecular weight is 309 g/mol. The molecule has 0 bridgehead atoms. The molecule has 1 heterocycles. The predicted octanol–water partition coefficient (Wildman–Crippen LogP) is 3.59. The quantitative estimate of drug-likeness (QED) is 0.587. The van der Waals surface area contributed by atoms with Crippen molar-refractivity contribution < 1.29 is 9.47 Å². The Labute approximate surface area is 109 Å². The van der Waals surface area contributed by atoms with Crippen LogP contribution in [0, 0.1) is 0 Å². The smallest absolute Gasteiger partial charge is 0.228 e. The van der Waals surface area contributed by atoms with E-state index in [1.165, 1.54) is 0 Å². The van der Waals surface area contributed by atoms with Crippen molar-refractivity contribution in [2.45, 2.75) is 25.9 Å². The van der Waals surface area contributed by atoms with E-state index < -0.39 is 0 Å². The van der Waals surface area contributed by atoms with E-state index in [9.17, 15) is 0 Å². The summed E-state index contributed by atoms with van der Waals surface area (Å²) in [5.74, 6) is 0.453. The summed E-state index contributed by atoms with van der Waals surface area (Å²) in [4.78, 5) is 4.13. The largest absolute Gasteiger partial charge is 0.473 e. The van der Waals surface area contributed by atoms with Crippen LogP contribution < -0.4 is 0 Å². The second-order valence-electron chi connectivity index (χ2n) is 3.47. The highest BCUT2D eigenvalue weighted by molar-refractivity contribution is 9.12. The molecular weight excluding hydrogens is 293 g/mol. The zero-order valence-corrected chi connectivity index (χ0v) is 11.6. The Hall–Kier alpha value is -0.320. The van der Waals surface area contributed by atoms with Crippen molar-refractivity contribution in [3.8, 4) is 0 Å². The van der Waals surface area contributed by atoms with Crippen LogP contribution in [0.5, 0.6) is 0 Å². The molecule has 0 aromatic rings. The third-order valence-corrected chi connectivity index (χ3v) is 2.43. The van der Waals surface area contributed by atoms with Crippen molar-refractivity contribution in [1.82, 2.24) is 0 Å². The molecule has 1 fully saturated rings. The van der Waals surface area contributed by atoms with Crippen LogP contribution in [0.1, 0.15) is 19.8 Å². The van der Waals surface area contributed by atoms with Gasteiger partial charge in [0, 0.05) is 23.5 Å². The van der Waals surface area contributed by atoms with Crippen molar-refractivity contribution >= 4 is 33.7 Å². The molecule has 1 aliphatic heterocycles. The lowest BCUT2D eigenvalue weighted by Crippen LogP contribution is -2.23. The van der Waals surface area contributed by atoms with E-state index in [0.29, 0.717) is 15.4 Å². The monoisotopic (exact) mass is 307 g/mol. The van der Waals surface area contributed by atoms with Gasteiger partial charge in [0.2, 0.25) is 5.88 Å². The third-order valence-electron chi connectivity index (χ3n) is 2.06. The van der Waals surface area contributed by atoms with E-state index in [2.05, 4.69) is 27.5 Å². The first-order valence-electron chi connectivity index (χ1n) is 5.09. The second-order valence-corrected chi connectivity index (χ2v) is 5.06. The van der Waals surface area contributed by atoms with E-state index in [-0.39, 0.29) is 6.10 Å². The number of rotatable bonds is 4. The van der Waals surface area contributed by atoms with Crippen LogP contribution in [0.4, 0.5) is 0 Å². The van der Waals surface area contributed by atoms with Crippen molar-refractivity contribution in [3.63, 3.8) is 0 Å². The Bertz CT molecular complexity index is 305. The van der Waals surface area contributed by atoms with Gasteiger partial charge in [-0.1, -0.05) is 18.2 Å². The molecule has 5 heteroatoms. The number of hydrogen-bond acceptors (Lipinski definition) is 3. The minimum Gasteiger partial charge on any atom is -0.473 e. The van der Waals surface area contributed by atoms with Gasteiger partial charge in [-0.2, -0.15) is 0 Å². The van der Waals surface area contributed by atoms with E-state index in [1.54, 1.807) is 13.1 Å². The summed E-state index contributed by atoms with van der Waals surface area (Å²) in [6.07, 6.45) is 3.45. The van der Waals surface area contributed by atoms with E-state index >= 15 is 0 Å². The van der Waals surface area contributed by atoms with Gasteiger partial charge >= 0.3 is 0 Å². The van der Waals surface area contributed by atoms with Crippen molar-refractivity contribution in [2.24, 2.45) is 4.99 Å². The van der Waals surface area contributed by atoms with Crippen molar-refractivity contribution in [3.05, 3.63) is 22.0 Å². The molecule has 0 N–H and O–H groups in total. The SMILES string of the molecule is C=C(Br)/C=N\C(OC1CCOCC1)=C(/C)Cl. The summed E-state index contributed by atoms with van der Waals surface area (Å²) in [7, 11) is 0. The van der Waals surface area contributed by atoms with Crippen LogP contribution in [-0.4, -0.2) is 25.5 Å². The third kappa shape index (κ3) is 5.14. The van der Waals surface area contributed by atoms with Crippen LogP contribution in [0.15, 0.2) is 27.0 Å². The summed E-state index contributed by atoms with van der Waals surface area (Å²) in [5, 5.41) is 0.538. The molecule has 0 amide bonds. The molecule has 0 radical (unpaired) electrons. The minimum absolute atomic E-state index is 0.137. The number of hydrogen-bond donors (Lipinski definition) is 0. The normalized spacial score (nSPS) is 19.7. The molecule has 0 aliphatic carbocycles. The van der Waals surface area contributed by atoms with E-state index in [0.717, 1.165) is 26.1 Å². The number of halogens is 2. The Morgan fingerprint density at radius 2 is 2.19 bits per heavy atom. The van der Waals surface area contributed by atoms with Gasteiger partial charge in [0.1, 0.15) is 6.10 Å². The lowest BCUT2D eigenvalue weighted by molar-refractivity contribution is -0.00467. The average Bonchev–Trinajstić information content (AvgIpc) is 2.25. The second kappa shape index (κ2) is 7.09. The summed E-state index contributed by atoms with van der Waals surface area (Å²) in [5.41, 5.74) is 0.